The maximum absolute atomic E-state index is 12.8. The minimum Gasteiger partial charge on any atom is -0.350 e. The Balaban J connectivity index is 1.60. The second-order valence-electron chi connectivity index (χ2n) is 7.20. The first-order valence-electron chi connectivity index (χ1n) is 10.2. The fraction of sp³-hybridized carbons (Fsp3) is 0.160. The monoisotopic (exact) mass is 449 g/mol. The smallest absolute Gasteiger partial charge is 0.251 e. The van der Waals surface area contributed by atoms with Crippen LogP contribution < -0.4 is 16.0 Å². The summed E-state index contributed by atoms with van der Waals surface area (Å²) in [6.07, 6.45) is 0.289. The summed E-state index contributed by atoms with van der Waals surface area (Å²) in [4.78, 5) is 37.6. The fourth-order valence-corrected chi connectivity index (χ4v) is 3.18. The SMILES string of the molecule is O=C(CNC(=O)C(Cc1ccccc1)NC(=O)c1ccc(Cl)cc1)NCc1ccccc1. The summed E-state index contributed by atoms with van der Waals surface area (Å²) >= 11 is 5.88. The molecule has 3 aromatic rings. The number of rotatable bonds is 9. The molecule has 0 spiro atoms. The summed E-state index contributed by atoms with van der Waals surface area (Å²) in [5.41, 5.74) is 2.24. The first-order chi connectivity index (χ1) is 15.5. The lowest BCUT2D eigenvalue weighted by molar-refractivity contribution is -0.127. The van der Waals surface area contributed by atoms with Crippen LogP contribution in [0.5, 0.6) is 0 Å². The molecule has 0 saturated carbocycles. The highest BCUT2D eigenvalue weighted by atomic mass is 35.5. The number of hydrogen-bond acceptors (Lipinski definition) is 3. The normalized spacial score (nSPS) is 11.3. The van der Waals surface area contributed by atoms with Crippen LogP contribution in [0, 0.1) is 0 Å². The van der Waals surface area contributed by atoms with Gasteiger partial charge in [-0.2, -0.15) is 0 Å². The molecular formula is C25H24ClN3O3. The Morgan fingerprint density at radius 3 is 1.97 bits per heavy atom. The van der Waals surface area contributed by atoms with Crippen LogP contribution in [0.3, 0.4) is 0 Å². The molecular weight excluding hydrogens is 426 g/mol. The quantitative estimate of drug-likeness (QED) is 0.469. The molecule has 0 aliphatic carbocycles. The molecule has 6 nitrogen and oxygen atoms in total. The highest BCUT2D eigenvalue weighted by Crippen LogP contribution is 2.10. The number of carbonyl (C=O) groups excluding carboxylic acids is 3. The minimum absolute atomic E-state index is 0.187. The van der Waals surface area contributed by atoms with E-state index in [9.17, 15) is 14.4 Å². The molecule has 0 radical (unpaired) electrons. The minimum atomic E-state index is -0.845. The first-order valence-corrected chi connectivity index (χ1v) is 10.6. The van der Waals surface area contributed by atoms with E-state index in [1.165, 1.54) is 0 Å². The molecule has 0 aliphatic rings. The van der Waals surface area contributed by atoms with E-state index in [1.807, 2.05) is 60.7 Å². The molecule has 0 saturated heterocycles. The molecule has 7 heteroatoms. The van der Waals surface area contributed by atoms with E-state index in [4.69, 9.17) is 11.6 Å². The van der Waals surface area contributed by atoms with Crippen LogP contribution in [0.25, 0.3) is 0 Å². The van der Waals surface area contributed by atoms with Crippen LogP contribution in [0.15, 0.2) is 84.9 Å². The number of benzene rings is 3. The van der Waals surface area contributed by atoms with Gasteiger partial charge in [0, 0.05) is 23.6 Å². The predicted octanol–water partition coefficient (Wildman–Crippen LogP) is 3.11. The number of amides is 3. The van der Waals surface area contributed by atoms with Gasteiger partial charge in [-0.25, -0.2) is 0 Å². The lowest BCUT2D eigenvalue weighted by Crippen LogP contribution is -2.50. The van der Waals surface area contributed by atoms with Gasteiger partial charge in [-0.05, 0) is 35.4 Å². The van der Waals surface area contributed by atoms with Gasteiger partial charge >= 0.3 is 0 Å². The number of carbonyl (C=O) groups is 3. The van der Waals surface area contributed by atoms with Crippen molar-refractivity contribution >= 4 is 29.3 Å². The van der Waals surface area contributed by atoms with Crippen molar-refractivity contribution in [2.45, 2.75) is 19.0 Å². The summed E-state index contributed by atoms with van der Waals surface area (Å²) in [7, 11) is 0. The van der Waals surface area contributed by atoms with Gasteiger partial charge in [0.25, 0.3) is 5.91 Å². The molecule has 0 fully saturated rings. The molecule has 1 atom stereocenters. The van der Waals surface area contributed by atoms with Crippen LogP contribution in [-0.4, -0.2) is 30.3 Å². The molecule has 1 unspecified atom stereocenters. The fourth-order valence-electron chi connectivity index (χ4n) is 3.05. The molecule has 0 aromatic heterocycles. The van der Waals surface area contributed by atoms with E-state index < -0.39 is 17.9 Å². The molecule has 3 rings (SSSR count). The molecule has 32 heavy (non-hydrogen) atoms. The second kappa shape index (κ2) is 11.7. The van der Waals surface area contributed by atoms with Gasteiger partial charge in [-0.3, -0.25) is 14.4 Å². The van der Waals surface area contributed by atoms with Crippen molar-refractivity contribution < 1.29 is 14.4 Å². The van der Waals surface area contributed by atoms with Gasteiger partial charge in [0.15, 0.2) is 0 Å². The van der Waals surface area contributed by atoms with Crippen LogP contribution >= 0.6 is 11.6 Å². The number of hydrogen-bond donors (Lipinski definition) is 3. The first kappa shape index (κ1) is 23.0. The Labute approximate surface area is 192 Å². The maximum Gasteiger partial charge on any atom is 0.251 e. The molecule has 0 heterocycles. The molecule has 164 valence electrons. The van der Waals surface area contributed by atoms with Crippen LogP contribution in [0.1, 0.15) is 21.5 Å². The van der Waals surface area contributed by atoms with E-state index in [0.29, 0.717) is 17.1 Å². The van der Waals surface area contributed by atoms with E-state index in [1.54, 1.807) is 24.3 Å². The highest BCUT2D eigenvalue weighted by Gasteiger charge is 2.22. The Morgan fingerprint density at radius 2 is 1.34 bits per heavy atom. The second-order valence-corrected chi connectivity index (χ2v) is 7.64. The lowest BCUT2D eigenvalue weighted by atomic mass is 10.0. The molecule has 0 aliphatic heterocycles. The van der Waals surface area contributed by atoms with E-state index in [2.05, 4.69) is 16.0 Å². The highest BCUT2D eigenvalue weighted by molar-refractivity contribution is 6.30. The van der Waals surface area contributed by atoms with Crippen molar-refractivity contribution in [2.75, 3.05) is 6.54 Å². The van der Waals surface area contributed by atoms with Crippen LogP contribution in [-0.2, 0) is 22.6 Å². The zero-order valence-electron chi connectivity index (χ0n) is 17.4. The summed E-state index contributed by atoms with van der Waals surface area (Å²) in [5, 5.41) is 8.65. The average molecular weight is 450 g/mol. The summed E-state index contributed by atoms with van der Waals surface area (Å²) in [6.45, 7) is 0.185. The Kier molecular flexibility index (Phi) is 8.40. The van der Waals surface area contributed by atoms with Crippen molar-refractivity contribution in [1.82, 2.24) is 16.0 Å². The molecule has 3 aromatic carbocycles. The predicted molar refractivity (Wildman–Crippen MR) is 124 cm³/mol. The summed E-state index contributed by atoms with van der Waals surface area (Å²) < 4.78 is 0. The zero-order valence-corrected chi connectivity index (χ0v) is 18.1. The van der Waals surface area contributed by atoms with Gasteiger partial charge < -0.3 is 16.0 Å². The molecule has 3 N–H and O–H groups in total. The number of nitrogens with one attached hydrogen (secondary N) is 3. The van der Waals surface area contributed by atoms with Gasteiger partial charge in [-0.15, -0.1) is 0 Å². The molecule has 3 amide bonds. The third kappa shape index (κ3) is 7.25. The number of halogens is 1. The van der Waals surface area contributed by atoms with Gasteiger partial charge in [0.05, 0.1) is 6.54 Å². The van der Waals surface area contributed by atoms with Crippen molar-refractivity contribution in [3.8, 4) is 0 Å². The third-order valence-electron chi connectivity index (χ3n) is 4.77. The van der Waals surface area contributed by atoms with Crippen LogP contribution in [0.4, 0.5) is 0 Å². The van der Waals surface area contributed by atoms with Gasteiger partial charge in [0.2, 0.25) is 11.8 Å². The Bertz CT molecular complexity index is 1040. The van der Waals surface area contributed by atoms with E-state index in [-0.39, 0.29) is 18.9 Å². The largest absolute Gasteiger partial charge is 0.350 e. The average Bonchev–Trinajstić information content (AvgIpc) is 2.82. The summed E-state index contributed by atoms with van der Waals surface area (Å²) in [5.74, 6) is -1.15. The van der Waals surface area contributed by atoms with Gasteiger partial charge in [-0.1, -0.05) is 72.3 Å². The zero-order chi connectivity index (χ0) is 22.8. The van der Waals surface area contributed by atoms with Crippen LogP contribution in [0.2, 0.25) is 5.02 Å². The van der Waals surface area contributed by atoms with E-state index >= 15 is 0 Å². The van der Waals surface area contributed by atoms with Crippen molar-refractivity contribution in [2.24, 2.45) is 0 Å². The van der Waals surface area contributed by atoms with Crippen molar-refractivity contribution in [3.05, 3.63) is 107 Å². The summed E-state index contributed by atoms with van der Waals surface area (Å²) in [6, 6.07) is 24.4. The maximum atomic E-state index is 12.8. The molecule has 0 bridgehead atoms. The van der Waals surface area contributed by atoms with Crippen molar-refractivity contribution in [1.29, 1.82) is 0 Å². The van der Waals surface area contributed by atoms with Crippen molar-refractivity contribution in [3.63, 3.8) is 0 Å². The lowest BCUT2D eigenvalue weighted by Gasteiger charge is -2.19. The Hall–Kier alpha value is -3.64. The Morgan fingerprint density at radius 1 is 0.750 bits per heavy atom. The van der Waals surface area contributed by atoms with Gasteiger partial charge in [0.1, 0.15) is 6.04 Å². The standard InChI is InChI=1S/C25H24ClN3O3/c26-21-13-11-20(12-14-21)24(31)29-22(15-18-7-3-1-4-8-18)25(32)28-17-23(30)27-16-19-9-5-2-6-10-19/h1-14,22H,15-17H2,(H,27,30)(H,28,32)(H,29,31). The van der Waals surface area contributed by atoms with E-state index in [0.717, 1.165) is 11.1 Å². The third-order valence-corrected chi connectivity index (χ3v) is 5.02. The topological polar surface area (TPSA) is 87.3 Å².